The fourth-order valence-electron chi connectivity index (χ4n) is 1.40. The predicted octanol–water partition coefficient (Wildman–Crippen LogP) is 1.67. The number of rotatable bonds is 8. The third kappa shape index (κ3) is 6.89. The molecule has 1 atom stereocenters. The van der Waals surface area contributed by atoms with Crippen LogP contribution in [0.25, 0.3) is 0 Å². The third-order valence-corrected chi connectivity index (χ3v) is 2.35. The van der Waals surface area contributed by atoms with Crippen LogP contribution in [0.3, 0.4) is 0 Å². The highest BCUT2D eigenvalue weighted by atomic mass is 16.1. The molecule has 0 rings (SSSR count). The summed E-state index contributed by atoms with van der Waals surface area (Å²) in [5.41, 5.74) is 5.37. The normalized spacial score (nSPS) is 12.5. The molecule has 1 unspecified atom stereocenters. The zero-order valence-corrected chi connectivity index (χ0v) is 9.51. The van der Waals surface area contributed by atoms with Gasteiger partial charge in [-0.2, -0.15) is 0 Å². The maximum absolute atomic E-state index is 11.4. The molecule has 3 N–H and O–H groups in total. The van der Waals surface area contributed by atoms with E-state index in [9.17, 15) is 4.79 Å². The topological polar surface area (TPSA) is 55.1 Å². The summed E-state index contributed by atoms with van der Waals surface area (Å²) in [6, 6.07) is 0. The zero-order chi connectivity index (χ0) is 10.8. The van der Waals surface area contributed by atoms with Gasteiger partial charge in [0.1, 0.15) is 0 Å². The van der Waals surface area contributed by atoms with Crippen molar-refractivity contribution in [3.05, 3.63) is 0 Å². The number of unbranched alkanes of at least 4 members (excludes halogenated alkanes) is 2. The van der Waals surface area contributed by atoms with Crippen LogP contribution in [-0.2, 0) is 4.79 Å². The highest BCUT2D eigenvalue weighted by Crippen LogP contribution is 2.04. The van der Waals surface area contributed by atoms with Crippen LogP contribution in [0.2, 0.25) is 0 Å². The van der Waals surface area contributed by atoms with Crippen LogP contribution in [0.4, 0.5) is 0 Å². The molecule has 0 aliphatic carbocycles. The molecule has 0 aliphatic heterocycles. The Morgan fingerprint density at radius 2 is 2.07 bits per heavy atom. The molecule has 0 radical (unpaired) electrons. The van der Waals surface area contributed by atoms with Gasteiger partial charge in [-0.1, -0.05) is 26.7 Å². The summed E-state index contributed by atoms with van der Waals surface area (Å²) < 4.78 is 0. The minimum Gasteiger partial charge on any atom is -0.356 e. The Kier molecular flexibility index (Phi) is 8.64. The molecule has 0 aromatic heterocycles. The number of hydrogen-bond acceptors (Lipinski definition) is 2. The van der Waals surface area contributed by atoms with Crippen LogP contribution in [0.1, 0.15) is 46.0 Å². The first-order chi connectivity index (χ1) is 6.72. The van der Waals surface area contributed by atoms with E-state index in [-0.39, 0.29) is 11.8 Å². The van der Waals surface area contributed by atoms with E-state index in [0.29, 0.717) is 0 Å². The van der Waals surface area contributed by atoms with Gasteiger partial charge in [0.15, 0.2) is 0 Å². The molecule has 3 nitrogen and oxygen atoms in total. The third-order valence-electron chi connectivity index (χ3n) is 2.35. The first-order valence-electron chi connectivity index (χ1n) is 5.70. The van der Waals surface area contributed by atoms with Crippen molar-refractivity contribution in [3.8, 4) is 0 Å². The Balaban J connectivity index is 3.34. The van der Waals surface area contributed by atoms with E-state index >= 15 is 0 Å². The van der Waals surface area contributed by atoms with Crippen molar-refractivity contribution in [2.75, 3.05) is 13.1 Å². The Hall–Kier alpha value is -0.570. The Bertz CT molecular complexity index is 148. The van der Waals surface area contributed by atoms with E-state index in [2.05, 4.69) is 12.2 Å². The van der Waals surface area contributed by atoms with Gasteiger partial charge in [-0.05, 0) is 25.8 Å². The molecule has 0 heterocycles. The number of nitrogens with one attached hydrogen (secondary N) is 1. The molecular formula is C11H24N2O. The average molecular weight is 200 g/mol. The smallest absolute Gasteiger partial charge is 0.222 e. The van der Waals surface area contributed by atoms with Gasteiger partial charge in [0, 0.05) is 12.5 Å². The summed E-state index contributed by atoms with van der Waals surface area (Å²) in [4.78, 5) is 11.4. The standard InChI is InChI=1S/C11H24N2O/c1-3-7-10(2)11(14)13-9-6-4-5-8-12/h10H,3-9,12H2,1-2H3,(H,13,14). The minimum absolute atomic E-state index is 0.162. The molecule has 1 amide bonds. The average Bonchev–Trinajstić information content (AvgIpc) is 2.17. The Morgan fingerprint density at radius 1 is 1.36 bits per heavy atom. The summed E-state index contributed by atoms with van der Waals surface area (Å²) in [6.45, 7) is 5.64. The minimum atomic E-state index is 0.162. The van der Waals surface area contributed by atoms with E-state index < -0.39 is 0 Å². The molecule has 0 aromatic carbocycles. The van der Waals surface area contributed by atoms with Gasteiger partial charge in [-0.25, -0.2) is 0 Å². The lowest BCUT2D eigenvalue weighted by atomic mass is 10.1. The van der Waals surface area contributed by atoms with Crippen LogP contribution < -0.4 is 11.1 Å². The first-order valence-corrected chi connectivity index (χ1v) is 5.70. The summed E-state index contributed by atoms with van der Waals surface area (Å²) in [6.07, 6.45) is 5.26. The van der Waals surface area contributed by atoms with Crippen molar-refractivity contribution in [2.24, 2.45) is 11.7 Å². The molecule has 3 heteroatoms. The van der Waals surface area contributed by atoms with Crippen LogP contribution in [-0.4, -0.2) is 19.0 Å². The molecular weight excluding hydrogens is 176 g/mol. The molecule has 0 aliphatic rings. The number of nitrogens with two attached hydrogens (primary N) is 1. The SMILES string of the molecule is CCCC(C)C(=O)NCCCCCN. The monoisotopic (exact) mass is 200 g/mol. The summed E-state index contributed by atoms with van der Waals surface area (Å²) in [5, 5.41) is 2.95. The molecule has 84 valence electrons. The van der Waals surface area contributed by atoms with E-state index in [0.717, 1.165) is 45.2 Å². The van der Waals surface area contributed by atoms with Crippen molar-refractivity contribution >= 4 is 5.91 Å². The quantitative estimate of drug-likeness (QED) is 0.586. The largest absolute Gasteiger partial charge is 0.356 e. The summed E-state index contributed by atoms with van der Waals surface area (Å²) in [5.74, 6) is 0.356. The molecule has 0 bridgehead atoms. The van der Waals surface area contributed by atoms with E-state index in [1.165, 1.54) is 0 Å². The van der Waals surface area contributed by atoms with E-state index in [1.54, 1.807) is 0 Å². The lowest BCUT2D eigenvalue weighted by Gasteiger charge is -2.10. The number of carbonyl (C=O) groups excluding carboxylic acids is 1. The number of hydrogen-bond donors (Lipinski definition) is 2. The zero-order valence-electron chi connectivity index (χ0n) is 9.51. The van der Waals surface area contributed by atoms with Gasteiger partial charge in [-0.3, -0.25) is 4.79 Å². The van der Waals surface area contributed by atoms with Gasteiger partial charge in [0.2, 0.25) is 5.91 Å². The van der Waals surface area contributed by atoms with Crippen molar-refractivity contribution in [3.63, 3.8) is 0 Å². The van der Waals surface area contributed by atoms with Gasteiger partial charge in [-0.15, -0.1) is 0 Å². The molecule has 0 saturated heterocycles. The second-order valence-corrected chi connectivity index (χ2v) is 3.83. The van der Waals surface area contributed by atoms with Crippen LogP contribution in [0.15, 0.2) is 0 Å². The van der Waals surface area contributed by atoms with Crippen molar-refractivity contribution in [2.45, 2.75) is 46.0 Å². The maximum atomic E-state index is 11.4. The van der Waals surface area contributed by atoms with E-state index in [1.807, 2.05) is 6.92 Å². The predicted molar refractivity (Wildman–Crippen MR) is 60.0 cm³/mol. The van der Waals surface area contributed by atoms with Crippen LogP contribution in [0, 0.1) is 5.92 Å². The first kappa shape index (κ1) is 13.4. The number of carbonyl (C=O) groups is 1. The molecule has 0 saturated carbocycles. The van der Waals surface area contributed by atoms with Gasteiger partial charge < -0.3 is 11.1 Å². The lowest BCUT2D eigenvalue weighted by molar-refractivity contribution is -0.124. The van der Waals surface area contributed by atoms with Crippen LogP contribution in [0.5, 0.6) is 0 Å². The second kappa shape index (κ2) is 9.00. The highest BCUT2D eigenvalue weighted by Gasteiger charge is 2.09. The maximum Gasteiger partial charge on any atom is 0.222 e. The van der Waals surface area contributed by atoms with Gasteiger partial charge >= 0.3 is 0 Å². The fourth-order valence-corrected chi connectivity index (χ4v) is 1.40. The molecule has 0 spiro atoms. The van der Waals surface area contributed by atoms with Gasteiger partial charge in [0.25, 0.3) is 0 Å². The van der Waals surface area contributed by atoms with Crippen LogP contribution >= 0.6 is 0 Å². The second-order valence-electron chi connectivity index (χ2n) is 3.83. The molecule has 0 fully saturated rings. The van der Waals surface area contributed by atoms with Crippen molar-refractivity contribution in [1.82, 2.24) is 5.32 Å². The van der Waals surface area contributed by atoms with Crippen molar-refractivity contribution < 1.29 is 4.79 Å². The van der Waals surface area contributed by atoms with Crippen molar-refractivity contribution in [1.29, 1.82) is 0 Å². The Morgan fingerprint density at radius 3 is 2.64 bits per heavy atom. The Labute approximate surface area is 87.4 Å². The molecule has 14 heavy (non-hydrogen) atoms. The summed E-state index contributed by atoms with van der Waals surface area (Å²) in [7, 11) is 0. The fraction of sp³-hybridized carbons (Fsp3) is 0.909. The molecule has 0 aromatic rings. The summed E-state index contributed by atoms with van der Waals surface area (Å²) >= 11 is 0. The number of amides is 1. The van der Waals surface area contributed by atoms with E-state index in [4.69, 9.17) is 5.73 Å². The van der Waals surface area contributed by atoms with Gasteiger partial charge in [0.05, 0.1) is 0 Å². The lowest BCUT2D eigenvalue weighted by Crippen LogP contribution is -2.29. The highest BCUT2D eigenvalue weighted by molar-refractivity contribution is 5.78.